The second kappa shape index (κ2) is 6.38. The van der Waals surface area contributed by atoms with Crippen LogP contribution in [-0.4, -0.2) is 41.7 Å². The van der Waals surface area contributed by atoms with Gasteiger partial charge in [0, 0.05) is 31.6 Å². The van der Waals surface area contributed by atoms with Gasteiger partial charge in [-0.3, -0.25) is 9.69 Å². The topological polar surface area (TPSA) is 32.3 Å². The lowest BCUT2D eigenvalue weighted by molar-refractivity contribution is -0.121. The van der Waals surface area contributed by atoms with Crippen molar-refractivity contribution in [3.63, 3.8) is 0 Å². The van der Waals surface area contributed by atoms with Gasteiger partial charge in [0.05, 0.1) is 0 Å². The van der Waals surface area contributed by atoms with Crippen LogP contribution < -0.4 is 5.32 Å². The summed E-state index contributed by atoms with van der Waals surface area (Å²) in [5, 5.41) is 3.08. The molecule has 0 aliphatic carbocycles. The van der Waals surface area contributed by atoms with Gasteiger partial charge in [0.15, 0.2) is 0 Å². The summed E-state index contributed by atoms with van der Waals surface area (Å²) in [6, 6.07) is 0.948. The maximum atomic E-state index is 11.5. The summed E-state index contributed by atoms with van der Waals surface area (Å²) in [5.74, 6) is 0.968. The third-order valence-corrected chi connectivity index (χ3v) is 3.19. The number of carbonyl (C=O) groups is 1. The minimum atomic E-state index is 0.180. The van der Waals surface area contributed by atoms with Crippen molar-refractivity contribution in [1.82, 2.24) is 10.2 Å². The molecule has 4 heteroatoms. The molecule has 1 N–H and O–H groups in total. The number of nitrogens with zero attached hydrogens (tertiary/aromatic N) is 1. The van der Waals surface area contributed by atoms with Crippen molar-refractivity contribution >= 4 is 18.5 Å². The van der Waals surface area contributed by atoms with Gasteiger partial charge in [-0.05, 0) is 32.4 Å². The molecule has 1 rings (SSSR count). The lowest BCUT2D eigenvalue weighted by atomic mass is 10.2. The van der Waals surface area contributed by atoms with Gasteiger partial charge < -0.3 is 5.32 Å². The number of nitrogens with one attached hydrogen (secondary N) is 1. The van der Waals surface area contributed by atoms with Crippen LogP contribution in [0.4, 0.5) is 0 Å². The molecule has 0 aromatic heterocycles. The molecule has 1 aliphatic heterocycles. The zero-order chi connectivity index (χ0) is 11.3. The Hall–Kier alpha value is -0.220. The van der Waals surface area contributed by atoms with Crippen LogP contribution in [-0.2, 0) is 4.79 Å². The van der Waals surface area contributed by atoms with Crippen LogP contribution in [0, 0.1) is 0 Å². The molecule has 0 saturated carbocycles. The molecule has 0 aromatic carbocycles. The Morgan fingerprint density at radius 1 is 1.60 bits per heavy atom. The molecule has 1 unspecified atom stereocenters. The van der Waals surface area contributed by atoms with Gasteiger partial charge in [0.25, 0.3) is 0 Å². The van der Waals surface area contributed by atoms with E-state index < -0.39 is 0 Å². The third-order valence-electron chi connectivity index (χ3n) is 2.88. The average Bonchev–Trinajstić information content (AvgIpc) is 2.63. The number of thiol groups is 1. The van der Waals surface area contributed by atoms with Crippen LogP contribution in [0.25, 0.3) is 0 Å². The van der Waals surface area contributed by atoms with Gasteiger partial charge in [-0.15, -0.1) is 0 Å². The molecule has 1 atom stereocenters. The predicted molar refractivity (Wildman–Crippen MR) is 66.3 cm³/mol. The molecule has 15 heavy (non-hydrogen) atoms. The molecule has 0 bridgehead atoms. The standard InChI is InChI=1S/C11H22N2OS/c1-9(2)13-6-5-10(8-13)12-11(14)4-3-7-15/h9-10,15H,3-8H2,1-2H3,(H,12,14). The molecule has 88 valence electrons. The maximum absolute atomic E-state index is 11.5. The Morgan fingerprint density at radius 2 is 2.33 bits per heavy atom. The molecule has 0 radical (unpaired) electrons. The van der Waals surface area contributed by atoms with E-state index in [-0.39, 0.29) is 5.91 Å². The van der Waals surface area contributed by atoms with E-state index in [0.717, 1.165) is 31.7 Å². The summed E-state index contributed by atoms with van der Waals surface area (Å²) >= 11 is 4.10. The highest BCUT2D eigenvalue weighted by Gasteiger charge is 2.24. The van der Waals surface area contributed by atoms with Crippen LogP contribution in [0.2, 0.25) is 0 Å². The van der Waals surface area contributed by atoms with Gasteiger partial charge in [0.1, 0.15) is 0 Å². The number of rotatable bonds is 5. The van der Waals surface area contributed by atoms with Crippen molar-refractivity contribution in [2.45, 2.75) is 45.2 Å². The van der Waals surface area contributed by atoms with E-state index in [1.54, 1.807) is 0 Å². The zero-order valence-electron chi connectivity index (χ0n) is 9.70. The molecular weight excluding hydrogens is 208 g/mol. The fourth-order valence-corrected chi connectivity index (χ4v) is 2.07. The van der Waals surface area contributed by atoms with Gasteiger partial charge in [0.2, 0.25) is 5.91 Å². The summed E-state index contributed by atoms with van der Waals surface area (Å²) in [4.78, 5) is 13.9. The van der Waals surface area contributed by atoms with E-state index in [1.165, 1.54) is 0 Å². The van der Waals surface area contributed by atoms with Gasteiger partial charge in [-0.25, -0.2) is 0 Å². The molecule has 1 amide bonds. The van der Waals surface area contributed by atoms with Gasteiger partial charge in [-0.2, -0.15) is 12.6 Å². The van der Waals surface area contributed by atoms with Crippen LogP contribution >= 0.6 is 12.6 Å². The maximum Gasteiger partial charge on any atom is 0.220 e. The summed E-state index contributed by atoms with van der Waals surface area (Å²) < 4.78 is 0. The van der Waals surface area contributed by atoms with Crippen molar-refractivity contribution in [3.8, 4) is 0 Å². The number of hydrogen-bond donors (Lipinski definition) is 2. The van der Waals surface area contributed by atoms with Crippen molar-refractivity contribution in [1.29, 1.82) is 0 Å². The van der Waals surface area contributed by atoms with Crippen LogP contribution in [0.3, 0.4) is 0 Å². The molecule has 0 aromatic rings. The minimum Gasteiger partial charge on any atom is -0.352 e. The first kappa shape index (κ1) is 12.8. The number of carbonyl (C=O) groups excluding carboxylic acids is 1. The largest absolute Gasteiger partial charge is 0.352 e. The quantitative estimate of drug-likeness (QED) is 0.698. The van der Waals surface area contributed by atoms with E-state index in [2.05, 4.69) is 36.7 Å². The predicted octanol–water partition coefficient (Wildman–Crippen LogP) is 1.30. The van der Waals surface area contributed by atoms with Crippen LogP contribution in [0.15, 0.2) is 0 Å². The minimum absolute atomic E-state index is 0.180. The van der Waals surface area contributed by atoms with E-state index in [0.29, 0.717) is 18.5 Å². The Labute approximate surface area is 98.0 Å². The first-order chi connectivity index (χ1) is 7.13. The van der Waals surface area contributed by atoms with E-state index in [9.17, 15) is 4.79 Å². The normalized spacial score (nSPS) is 22.3. The second-order valence-corrected chi connectivity index (χ2v) is 4.92. The summed E-state index contributed by atoms with van der Waals surface area (Å²) in [6.45, 7) is 6.51. The smallest absolute Gasteiger partial charge is 0.220 e. The first-order valence-electron chi connectivity index (χ1n) is 5.77. The fraction of sp³-hybridized carbons (Fsp3) is 0.909. The molecular formula is C11H22N2OS. The van der Waals surface area contributed by atoms with Gasteiger partial charge >= 0.3 is 0 Å². The van der Waals surface area contributed by atoms with Crippen molar-refractivity contribution in [2.24, 2.45) is 0 Å². The average molecular weight is 230 g/mol. The van der Waals surface area contributed by atoms with E-state index >= 15 is 0 Å². The second-order valence-electron chi connectivity index (χ2n) is 4.47. The summed E-state index contributed by atoms with van der Waals surface area (Å²) in [6.07, 6.45) is 2.57. The Morgan fingerprint density at radius 3 is 2.87 bits per heavy atom. The molecule has 1 aliphatic rings. The van der Waals surface area contributed by atoms with Crippen molar-refractivity contribution in [2.75, 3.05) is 18.8 Å². The number of amides is 1. The summed E-state index contributed by atoms with van der Waals surface area (Å²) in [5.41, 5.74) is 0. The monoisotopic (exact) mass is 230 g/mol. The van der Waals surface area contributed by atoms with Crippen molar-refractivity contribution in [3.05, 3.63) is 0 Å². The Bertz CT molecular complexity index is 209. The highest BCUT2D eigenvalue weighted by molar-refractivity contribution is 7.80. The zero-order valence-corrected chi connectivity index (χ0v) is 10.6. The summed E-state index contributed by atoms with van der Waals surface area (Å²) in [7, 11) is 0. The number of hydrogen-bond acceptors (Lipinski definition) is 3. The molecule has 3 nitrogen and oxygen atoms in total. The molecule has 0 spiro atoms. The van der Waals surface area contributed by atoms with Crippen LogP contribution in [0.5, 0.6) is 0 Å². The third kappa shape index (κ3) is 4.43. The number of likely N-dealkylation sites (tertiary alicyclic amines) is 1. The van der Waals surface area contributed by atoms with Crippen LogP contribution in [0.1, 0.15) is 33.1 Å². The lowest BCUT2D eigenvalue weighted by Crippen LogP contribution is -2.38. The molecule has 1 saturated heterocycles. The lowest BCUT2D eigenvalue weighted by Gasteiger charge is -2.20. The molecule has 1 fully saturated rings. The van der Waals surface area contributed by atoms with Gasteiger partial charge in [-0.1, -0.05) is 0 Å². The molecule has 1 heterocycles. The van der Waals surface area contributed by atoms with E-state index in [1.807, 2.05) is 0 Å². The van der Waals surface area contributed by atoms with Crippen molar-refractivity contribution < 1.29 is 4.79 Å². The first-order valence-corrected chi connectivity index (χ1v) is 6.41. The SMILES string of the molecule is CC(C)N1CCC(NC(=O)CCCS)C1. The Kier molecular flexibility index (Phi) is 5.47. The van der Waals surface area contributed by atoms with E-state index in [4.69, 9.17) is 0 Å². The highest BCUT2D eigenvalue weighted by atomic mass is 32.1. The fourth-order valence-electron chi connectivity index (χ4n) is 1.91. The Balaban J connectivity index is 2.20. The highest BCUT2D eigenvalue weighted by Crippen LogP contribution is 2.12.